The van der Waals surface area contributed by atoms with Gasteiger partial charge in [0.25, 0.3) is 5.56 Å². The van der Waals surface area contributed by atoms with Crippen LogP contribution in [0.2, 0.25) is 0 Å². The molecule has 0 saturated carbocycles. The van der Waals surface area contributed by atoms with Crippen LogP contribution in [-0.4, -0.2) is 15.9 Å². The molecule has 0 aliphatic carbocycles. The van der Waals surface area contributed by atoms with E-state index in [1.807, 2.05) is 38.1 Å². The maximum atomic E-state index is 12.8. The molecule has 1 aromatic heterocycles. The van der Waals surface area contributed by atoms with Gasteiger partial charge in [-0.15, -0.1) is 0 Å². The SMILES string of the molecule is Cc1ccc(CSc2nc3c(c(=O)[nH]2)C(c2ccc(C)cc2)CC(=O)N3)cc1. The number of aromatic amines is 1. The van der Waals surface area contributed by atoms with E-state index in [0.29, 0.717) is 22.3 Å². The van der Waals surface area contributed by atoms with Gasteiger partial charge in [-0.2, -0.15) is 0 Å². The average Bonchev–Trinajstić information content (AvgIpc) is 2.67. The topological polar surface area (TPSA) is 74.8 Å². The number of aromatic nitrogens is 2. The lowest BCUT2D eigenvalue weighted by molar-refractivity contribution is -0.116. The number of benzene rings is 2. The number of amides is 1. The van der Waals surface area contributed by atoms with Crippen molar-refractivity contribution in [3.05, 3.63) is 86.7 Å². The first-order chi connectivity index (χ1) is 13.5. The highest BCUT2D eigenvalue weighted by Gasteiger charge is 2.30. The molecule has 2 N–H and O–H groups in total. The third-order valence-corrected chi connectivity index (χ3v) is 5.85. The van der Waals surface area contributed by atoms with Gasteiger partial charge in [-0.25, -0.2) is 4.98 Å². The van der Waals surface area contributed by atoms with E-state index in [9.17, 15) is 9.59 Å². The molecule has 4 rings (SSSR count). The van der Waals surface area contributed by atoms with Crippen LogP contribution in [0.15, 0.2) is 58.5 Å². The molecule has 1 unspecified atom stereocenters. The van der Waals surface area contributed by atoms with Crippen LogP contribution in [-0.2, 0) is 10.5 Å². The van der Waals surface area contributed by atoms with Gasteiger partial charge in [-0.1, -0.05) is 71.4 Å². The summed E-state index contributed by atoms with van der Waals surface area (Å²) >= 11 is 1.45. The molecule has 2 aromatic carbocycles. The highest BCUT2D eigenvalue weighted by atomic mass is 32.2. The Morgan fingerprint density at radius 2 is 1.64 bits per heavy atom. The van der Waals surface area contributed by atoms with Crippen molar-refractivity contribution in [1.82, 2.24) is 9.97 Å². The standard InChI is InChI=1S/C22H21N3O2S/c1-13-3-7-15(8-4-13)12-28-22-24-20-19(21(27)25-22)17(11-18(26)23-20)16-9-5-14(2)6-10-16/h3-10,17H,11-12H2,1-2H3,(H2,23,24,25,26,27). The molecular weight excluding hydrogens is 370 g/mol. The fraction of sp³-hybridized carbons (Fsp3) is 0.227. The number of thioether (sulfide) groups is 1. The number of nitrogens with one attached hydrogen (secondary N) is 2. The van der Waals surface area contributed by atoms with E-state index in [-0.39, 0.29) is 23.8 Å². The first kappa shape index (κ1) is 18.5. The Hall–Kier alpha value is -2.86. The summed E-state index contributed by atoms with van der Waals surface area (Å²) in [5.41, 5.74) is 4.79. The molecular formula is C22H21N3O2S. The van der Waals surface area contributed by atoms with Crippen LogP contribution in [0.1, 0.15) is 40.2 Å². The van der Waals surface area contributed by atoms with Crippen molar-refractivity contribution in [2.24, 2.45) is 0 Å². The van der Waals surface area contributed by atoms with E-state index in [1.54, 1.807) is 0 Å². The molecule has 5 nitrogen and oxygen atoms in total. The van der Waals surface area contributed by atoms with Crippen molar-refractivity contribution >= 4 is 23.5 Å². The van der Waals surface area contributed by atoms with Gasteiger partial charge in [0, 0.05) is 18.1 Å². The zero-order valence-corrected chi connectivity index (χ0v) is 16.6. The minimum Gasteiger partial charge on any atom is -0.310 e. The van der Waals surface area contributed by atoms with E-state index in [0.717, 1.165) is 16.7 Å². The molecule has 6 heteroatoms. The van der Waals surface area contributed by atoms with Gasteiger partial charge in [0.15, 0.2) is 5.16 Å². The van der Waals surface area contributed by atoms with Crippen molar-refractivity contribution in [2.75, 3.05) is 5.32 Å². The van der Waals surface area contributed by atoms with Crippen LogP contribution in [0.4, 0.5) is 5.82 Å². The second kappa shape index (κ2) is 7.64. The summed E-state index contributed by atoms with van der Waals surface area (Å²) in [6, 6.07) is 16.2. The summed E-state index contributed by atoms with van der Waals surface area (Å²) in [5, 5.41) is 3.28. The first-order valence-electron chi connectivity index (χ1n) is 9.18. The van der Waals surface area contributed by atoms with Gasteiger partial charge >= 0.3 is 0 Å². The normalized spacial score (nSPS) is 15.8. The fourth-order valence-corrected chi connectivity index (χ4v) is 4.16. The number of hydrogen-bond donors (Lipinski definition) is 2. The maximum absolute atomic E-state index is 12.8. The van der Waals surface area contributed by atoms with Crippen LogP contribution in [0.5, 0.6) is 0 Å². The molecule has 0 fully saturated rings. The minimum atomic E-state index is -0.281. The molecule has 0 spiro atoms. The quantitative estimate of drug-likeness (QED) is 0.517. The van der Waals surface area contributed by atoms with Crippen molar-refractivity contribution in [1.29, 1.82) is 0 Å². The molecule has 0 saturated heterocycles. The number of rotatable bonds is 4. The summed E-state index contributed by atoms with van der Waals surface area (Å²) in [6.45, 7) is 4.06. The summed E-state index contributed by atoms with van der Waals surface area (Å²) in [4.78, 5) is 32.5. The van der Waals surface area contributed by atoms with Crippen LogP contribution in [0.3, 0.4) is 0 Å². The Morgan fingerprint density at radius 3 is 2.32 bits per heavy atom. The zero-order chi connectivity index (χ0) is 19.7. The lowest BCUT2D eigenvalue weighted by atomic mass is 9.86. The van der Waals surface area contributed by atoms with E-state index < -0.39 is 0 Å². The molecule has 142 valence electrons. The highest BCUT2D eigenvalue weighted by molar-refractivity contribution is 7.98. The molecule has 1 aliphatic heterocycles. The number of H-pyrrole nitrogens is 1. The van der Waals surface area contributed by atoms with Crippen LogP contribution < -0.4 is 10.9 Å². The Labute approximate surface area is 167 Å². The van der Waals surface area contributed by atoms with E-state index in [2.05, 4.69) is 39.6 Å². The van der Waals surface area contributed by atoms with Crippen LogP contribution in [0.25, 0.3) is 0 Å². The minimum absolute atomic E-state index is 0.120. The van der Waals surface area contributed by atoms with Gasteiger partial charge in [-0.3, -0.25) is 9.59 Å². The zero-order valence-electron chi connectivity index (χ0n) is 15.8. The Balaban J connectivity index is 1.63. The van der Waals surface area contributed by atoms with Crippen molar-refractivity contribution in [2.45, 2.75) is 37.1 Å². The van der Waals surface area contributed by atoms with Crippen molar-refractivity contribution in [3.63, 3.8) is 0 Å². The van der Waals surface area contributed by atoms with Gasteiger partial charge in [0.1, 0.15) is 5.82 Å². The van der Waals surface area contributed by atoms with Crippen molar-refractivity contribution < 1.29 is 4.79 Å². The molecule has 2 heterocycles. The van der Waals surface area contributed by atoms with Gasteiger partial charge in [-0.05, 0) is 25.0 Å². The van der Waals surface area contributed by atoms with Gasteiger partial charge in [0.2, 0.25) is 5.91 Å². The lowest BCUT2D eigenvalue weighted by Gasteiger charge is -2.24. The number of nitrogens with zero attached hydrogens (tertiary/aromatic N) is 1. The summed E-state index contributed by atoms with van der Waals surface area (Å²) < 4.78 is 0. The Kier molecular flexibility index (Phi) is 5.05. The monoisotopic (exact) mass is 391 g/mol. The van der Waals surface area contributed by atoms with Crippen molar-refractivity contribution in [3.8, 4) is 0 Å². The summed E-state index contributed by atoms with van der Waals surface area (Å²) in [5.74, 6) is 0.663. The third kappa shape index (κ3) is 3.87. The number of carbonyl (C=O) groups excluding carboxylic acids is 1. The second-order valence-corrected chi connectivity index (χ2v) is 8.09. The first-order valence-corrected chi connectivity index (χ1v) is 10.2. The van der Waals surface area contributed by atoms with E-state index in [1.165, 1.54) is 17.3 Å². The Bertz CT molecular complexity index is 1070. The summed E-state index contributed by atoms with van der Waals surface area (Å²) in [7, 11) is 0. The molecule has 1 atom stereocenters. The molecule has 1 aliphatic rings. The average molecular weight is 391 g/mol. The number of anilines is 1. The number of carbonyl (C=O) groups is 1. The maximum Gasteiger partial charge on any atom is 0.257 e. The fourth-order valence-electron chi connectivity index (χ4n) is 3.34. The molecule has 28 heavy (non-hydrogen) atoms. The largest absolute Gasteiger partial charge is 0.310 e. The summed E-state index contributed by atoms with van der Waals surface area (Å²) in [6.07, 6.45) is 0.247. The highest BCUT2D eigenvalue weighted by Crippen LogP contribution is 2.34. The second-order valence-electron chi connectivity index (χ2n) is 7.12. The molecule has 3 aromatic rings. The lowest BCUT2D eigenvalue weighted by Crippen LogP contribution is -2.31. The number of aryl methyl sites for hydroxylation is 2. The smallest absolute Gasteiger partial charge is 0.257 e. The molecule has 1 amide bonds. The van der Waals surface area contributed by atoms with Crippen LogP contribution in [0, 0.1) is 13.8 Å². The van der Waals surface area contributed by atoms with Gasteiger partial charge < -0.3 is 10.3 Å². The third-order valence-electron chi connectivity index (χ3n) is 4.91. The van der Waals surface area contributed by atoms with E-state index in [4.69, 9.17) is 0 Å². The van der Waals surface area contributed by atoms with E-state index >= 15 is 0 Å². The molecule has 0 radical (unpaired) electrons. The van der Waals surface area contributed by atoms with Crippen LogP contribution >= 0.6 is 11.8 Å². The molecule has 0 bridgehead atoms. The number of fused-ring (bicyclic) bond motifs is 1. The van der Waals surface area contributed by atoms with Gasteiger partial charge in [0.05, 0.1) is 5.56 Å². The predicted octanol–water partition coefficient (Wildman–Crippen LogP) is 4.15. The predicted molar refractivity (Wildman–Crippen MR) is 112 cm³/mol. The number of hydrogen-bond acceptors (Lipinski definition) is 4. The Morgan fingerprint density at radius 1 is 1.00 bits per heavy atom.